The summed E-state index contributed by atoms with van der Waals surface area (Å²) in [4.78, 5) is 34.2. The lowest BCUT2D eigenvalue weighted by atomic mass is 10.2. The van der Waals surface area contributed by atoms with Gasteiger partial charge in [0.25, 0.3) is 11.1 Å². The summed E-state index contributed by atoms with van der Waals surface area (Å²) in [5.74, 6) is -0.552. The lowest BCUT2D eigenvalue weighted by Gasteiger charge is -2.07. The number of aromatic nitrogens is 2. The van der Waals surface area contributed by atoms with Gasteiger partial charge in [0.2, 0.25) is 0 Å². The van der Waals surface area contributed by atoms with Crippen LogP contribution in [-0.2, 0) is 16.1 Å². The number of ether oxygens (including phenoxy) is 1. The maximum atomic E-state index is 11.7. The predicted octanol–water partition coefficient (Wildman–Crippen LogP) is -0.283. The average Bonchev–Trinajstić information content (AvgIpc) is 2.23. The fraction of sp³-hybridized carbons (Fsp3) is 0.500. The highest BCUT2D eigenvalue weighted by Crippen LogP contribution is 1.91. The standard InChI is InChI=1S/C10H14N2O4/c1-4-16-8(13)5-12-10(15)7(3)6(2)9(14)11-12/h4-5H2,1-3H3,(H,11,14). The minimum Gasteiger partial charge on any atom is -0.465 e. The molecule has 0 aliphatic rings. The van der Waals surface area contributed by atoms with Gasteiger partial charge in [0.1, 0.15) is 6.54 Å². The molecule has 0 spiro atoms. The van der Waals surface area contributed by atoms with Crippen LogP contribution in [0.5, 0.6) is 0 Å². The van der Waals surface area contributed by atoms with E-state index < -0.39 is 5.97 Å². The first-order valence-electron chi connectivity index (χ1n) is 4.93. The monoisotopic (exact) mass is 226 g/mol. The molecule has 6 nitrogen and oxygen atoms in total. The van der Waals surface area contributed by atoms with Gasteiger partial charge in [0.05, 0.1) is 6.61 Å². The van der Waals surface area contributed by atoms with Gasteiger partial charge in [-0.25, -0.2) is 4.68 Å². The number of carbonyl (C=O) groups excluding carboxylic acids is 1. The quantitative estimate of drug-likeness (QED) is 0.718. The lowest BCUT2D eigenvalue weighted by Crippen LogP contribution is -2.35. The fourth-order valence-corrected chi connectivity index (χ4v) is 1.24. The van der Waals surface area contributed by atoms with Crippen LogP contribution in [0.15, 0.2) is 9.59 Å². The van der Waals surface area contributed by atoms with E-state index >= 15 is 0 Å². The Bertz CT molecular complexity index is 513. The highest BCUT2D eigenvalue weighted by atomic mass is 16.5. The Kier molecular flexibility index (Phi) is 3.65. The summed E-state index contributed by atoms with van der Waals surface area (Å²) in [5.41, 5.74) is -0.0512. The first-order valence-corrected chi connectivity index (χ1v) is 4.93. The van der Waals surface area contributed by atoms with Crippen LogP contribution in [0.3, 0.4) is 0 Å². The highest BCUT2D eigenvalue weighted by Gasteiger charge is 2.10. The Morgan fingerprint density at radius 1 is 1.31 bits per heavy atom. The molecule has 0 fully saturated rings. The van der Waals surface area contributed by atoms with Crippen LogP contribution in [-0.4, -0.2) is 22.4 Å². The number of aromatic amines is 1. The first kappa shape index (κ1) is 12.2. The SMILES string of the molecule is CCOC(=O)Cn1[nH]c(=O)c(C)c(C)c1=O. The molecule has 6 heteroatoms. The summed E-state index contributed by atoms with van der Waals surface area (Å²) >= 11 is 0. The van der Waals surface area contributed by atoms with E-state index in [-0.39, 0.29) is 24.3 Å². The molecule has 0 saturated heterocycles. The summed E-state index contributed by atoms with van der Waals surface area (Å²) in [6, 6.07) is 0. The molecule has 1 N–H and O–H groups in total. The third-order valence-corrected chi connectivity index (χ3v) is 2.30. The molecule has 16 heavy (non-hydrogen) atoms. The zero-order chi connectivity index (χ0) is 12.3. The van der Waals surface area contributed by atoms with Crippen molar-refractivity contribution in [1.82, 2.24) is 9.78 Å². The second-order valence-corrected chi connectivity index (χ2v) is 3.39. The van der Waals surface area contributed by atoms with E-state index in [2.05, 4.69) is 5.10 Å². The number of nitrogens with zero attached hydrogens (tertiary/aromatic N) is 1. The van der Waals surface area contributed by atoms with E-state index in [0.717, 1.165) is 4.68 Å². The third kappa shape index (κ3) is 2.39. The Balaban J connectivity index is 3.12. The van der Waals surface area contributed by atoms with E-state index in [4.69, 9.17) is 4.74 Å². The van der Waals surface area contributed by atoms with Crippen LogP contribution >= 0.6 is 0 Å². The van der Waals surface area contributed by atoms with Gasteiger partial charge >= 0.3 is 5.97 Å². The Morgan fingerprint density at radius 3 is 2.50 bits per heavy atom. The zero-order valence-electron chi connectivity index (χ0n) is 9.49. The smallest absolute Gasteiger partial charge is 0.327 e. The highest BCUT2D eigenvalue weighted by molar-refractivity contribution is 5.68. The van der Waals surface area contributed by atoms with E-state index in [0.29, 0.717) is 11.1 Å². The Morgan fingerprint density at radius 2 is 1.94 bits per heavy atom. The van der Waals surface area contributed by atoms with Crippen molar-refractivity contribution in [3.8, 4) is 0 Å². The van der Waals surface area contributed by atoms with Crippen LogP contribution in [0.25, 0.3) is 0 Å². The largest absolute Gasteiger partial charge is 0.465 e. The van der Waals surface area contributed by atoms with Gasteiger partial charge < -0.3 is 4.74 Å². The minimum absolute atomic E-state index is 0.239. The number of esters is 1. The molecule has 1 aromatic heterocycles. The first-order chi connectivity index (χ1) is 7.47. The van der Waals surface area contributed by atoms with Crippen molar-refractivity contribution in [2.24, 2.45) is 0 Å². The molecule has 1 heterocycles. The molecule has 1 rings (SSSR count). The molecular formula is C10H14N2O4. The number of H-pyrrole nitrogens is 1. The third-order valence-electron chi connectivity index (χ3n) is 2.30. The molecular weight excluding hydrogens is 212 g/mol. The summed E-state index contributed by atoms with van der Waals surface area (Å²) < 4.78 is 5.65. The molecule has 0 atom stereocenters. The van der Waals surface area contributed by atoms with Gasteiger partial charge in [-0.05, 0) is 20.8 Å². The number of carbonyl (C=O) groups is 1. The molecule has 0 aliphatic heterocycles. The van der Waals surface area contributed by atoms with Crippen LogP contribution in [0.4, 0.5) is 0 Å². The normalized spacial score (nSPS) is 10.2. The van der Waals surface area contributed by atoms with Crippen molar-refractivity contribution in [3.05, 3.63) is 31.8 Å². The Hall–Kier alpha value is -1.85. The molecule has 88 valence electrons. The summed E-state index contributed by atoms with van der Waals surface area (Å²) in [6.45, 7) is 4.74. The molecule has 0 bridgehead atoms. The number of nitrogens with one attached hydrogen (secondary N) is 1. The van der Waals surface area contributed by atoms with Crippen molar-refractivity contribution in [1.29, 1.82) is 0 Å². The molecule has 0 aromatic carbocycles. The minimum atomic E-state index is -0.552. The second kappa shape index (κ2) is 4.78. The van der Waals surface area contributed by atoms with Crippen LogP contribution in [0.1, 0.15) is 18.1 Å². The van der Waals surface area contributed by atoms with Gasteiger partial charge in [0, 0.05) is 11.1 Å². The molecule has 0 aliphatic carbocycles. The van der Waals surface area contributed by atoms with Crippen LogP contribution in [0.2, 0.25) is 0 Å². The predicted molar refractivity (Wildman–Crippen MR) is 57.4 cm³/mol. The topological polar surface area (TPSA) is 81.2 Å². The van der Waals surface area contributed by atoms with Crippen LogP contribution < -0.4 is 11.1 Å². The van der Waals surface area contributed by atoms with Gasteiger partial charge in [-0.15, -0.1) is 0 Å². The average molecular weight is 226 g/mol. The summed E-state index contributed by atoms with van der Waals surface area (Å²) in [7, 11) is 0. The van der Waals surface area contributed by atoms with Crippen molar-refractivity contribution in [3.63, 3.8) is 0 Å². The maximum Gasteiger partial charge on any atom is 0.327 e. The van der Waals surface area contributed by atoms with Crippen molar-refractivity contribution >= 4 is 5.97 Å². The summed E-state index contributed by atoms with van der Waals surface area (Å²) in [5, 5.41) is 2.32. The van der Waals surface area contributed by atoms with Gasteiger partial charge in [-0.3, -0.25) is 19.5 Å². The fourth-order valence-electron chi connectivity index (χ4n) is 1.24. The van der Waals surface area contributed by atoms with Gasteiger partial charge in [-0.1, -0.05) is 0 Å². The van der Waals surface area contributed by atoms with E-state index in [1.807, 2.05) is 0 Å². The van der Waals surface area contributed by atoms with Crippen molar-refractivity contribution < 1.29 is 9.53 Å². The molecule has 0 unspecified atom stereocenters. The van der Waals surface area contributed by atoms with E-state index in [1.54, 1.807) is 20.8 Å². The van der Waals surface area contributed by atoms with Crippen molar-refractivity contribution in [2.75, 3.05) is 6.61 Å². The summed E-state index contributed by atoms with van der Waals surface area (Å²) in [6.07, 6.45) is 0. The number of hydrogen-bond acceptors (Lipinski definition) is 4. The molecule has 0 saturated carbocycles. The maximum absolute atomic E-state index is 11.7. The van der Waals surface area contributed by atoms with Crippen molar-refractivity contribution in [2.45, 2.75) is 27.3 Å². The number of hydrogen-bond donors (Lipinski definition) is 1. The van der Waals surface area contributed by atoms with Gasteiger partial charge in [-0.2, -0.15) is 0 Å². The molecule has 0 radical (unpaired) electrons. The zero-order valence-corrected chi connectivity index (χ0v) is 9.49. The Labute approximate surface area is 91.8 Å². The van der Waals surface area contributed by atoms with Crippen LogP contribution in [0, 0.1) is 13.8 Å². The molecule has 0 amide bonds. The van der Waals surface area contributed by atoms with Gasteiger partial charge in [0.15, 0.2) is 0 Å². The number of rotatable bonds is 3. The lowest BCUT2D eigenvalue weighted by molar-refractivity contribution is -0.144. The van der Waals surface area contributed by atoms with E-state index in [9.17, 15) is 14.4 Å². The second-order valence-electron chi connectivity index (χ2n) is 3.39. The van der Waals surface area contributed by atoms with E-state index in [1.165, 1.54) is 0 Å². The molecule has 1 aromatic rings.